The molecule has 1 fully saturated rings. The van der Waals surface area contributed by atoms with Crippen LogP contribution in [0.15, 0.2) is 54.9 Å². The maximum absolute atomic E-state index is 12.2. The Morgan fingerprint density at radius 2 is 1.89 bits per heavy atom. The van der Waals surface area contributed by atoms with E-state index in [-0.39, 0.29) is 11.9 Å². The summed E-state index contributed by atoms with van der Waals surface area (Å²) in [6.07, 6.45) is 4.43. The first-order valence-electron chi connectivity index (χ1n) is 11.3. The molecule has 1 aromatic carbocycles. The van der Waals surface area contributed by atoms with Crippen molar-refractivity contribution in [2.45, 2.75) is 25.8 Å². The van der Waals surface area contributed by atoms with Crippen LogP contribution < -0.4 is 4.74 Å². The number of carbonyl (C=O) groups excluding carboxylic acids is 2. The summed E-state index contributed by atoms with van der Waals surface area (Å²) in [6, 6.07) is 13.2. The van der Waals surface area contributed by atoms with E-state index in [1.165, 1.54) is 13.3 Å². The second-order valence-electron chi connectivity index (χ2n) is 8.45. The number of H-pyrrole nitrogens is 1. The molecule has 4 aromatic rings. The Labute approximate surface area is 216 Å². The standard InChI is InChI=1S/C26H24N4O4.O2S/c1-15-4-6-18(14-27-15)34-24-11-17-10-22(20-7-5-16(13-28-20)26(32)33-3)29-21(17)12-19(24)23-8-9-25(31)30(23)2;1-3-2/h4-7,10-14,23,29H,8-9H2,1-3H3;. The third kappa shape index (κ3) is 5.56. The molecule has 1 saturated heterocycles. The van der Waals surface area contributed by atoms with E-state index in [1.54, 1.807) is 23.2 Å². The van der Waals surface area contributed by atoms with Gasteiger partial charge >= 0.3 is 17.5 Å². The number of amides is 1. The third-order valence-corrected chi connectivity index (χ3v) is 6.18. The molecule has 0 bridgehead atoms. The summed E-state index contributed by atoms with van der Waals surface area (Å²) in [4.78, 5) is 37.9. The van der Waals surface area contributed by atoms with Crippen molar-refractivity contribution in [2.75, 3.05) is 14.2 Å². The van der Waals surface area contributed by atoms with E-state index in [2.05, 4.69) is 15.0 Å². The fourth-order valence-corrected chi connectivity index (χ4v) is 4.26. The number of nitrogens with zero attached hydrogens (tertiary/aromatic N) is 3. The Balaban J connectivity index is 0.00000102. The van der Waals surface area contributed by atoms with Crippen molar-refractivity contribution in [2.24, 2.45) is 0 Å². The van der Waals surface area contributed by atoms with Crippen LogP contribution in [0.1, 0.15) is 40.5 Å². The molecule has 190 valence electrons. The summed E-state index contributed by atoms with van der Waals surface area (Å²) < 4.78 is 27.6. The Hall–Kier alpha value is -4.38. The lowest BCUT2D eigenvalue weighted by atomic mass is 10.0. The van der Waals surface area contributed by atoms with Gasteiger partial charge in [0.2, 0.25) is 5.91 Å². The summed E-state index contributed by atoms with van der Waals surface area (Å²) >= 11 is -0.750. The zero-order valence-corrected chi connectivity index (χ0v) is 21.2. The molecule has 0 radical (unpaired) electrons. The highest BCUT2D eigenvalue weighted by Crippen LogP contribution is 2.41. The van der Waals surface area contributed by atoms with E-state index in [9.17, 15) is 9.59 Å². The van der Waals surface area contributed by atoms with E-state index in [0.29, 0.717) is 29.2 Å². The summed E-state index contributed by atoms with van der Waals surface area (Å²) in [5, 5.41) is 0.944. The number of hydrogen-bond acceptors (Lipinski definition) is 8. The van der Waals surface area contributed by atoms with Gasteiger partial charge in [-0.25, -0.2) is 4.79 Å². The molecule has 11 heteroatoms. The number of nitrogens with one attached hydrogen (secondary N) is 1. The van der Waals surface area contributed by atoms with Gasteiger partial charge in [0.25, 0.3) is 0 Å². The number of likely N-dealkylation sites (tertiary alicyclic amines) is 1. The van der Waals surface area contributed by atoms with Crippen LogP contribution in [-0.4, -0.2) is 54.3 Å². The summed E-state index contributed by atoms with van der Waals surface area (Å²) in [5.74, 6) is 1.01. The van der Waals surface area contributed by atoms with E-state index < -0.39 is 17.5 Å². The van der Waals surface area contributed by atoms with Crippen molar-refractivity contribution in [3.05, 3.63) is 71.7 Å². The van der Waals surface area contributed by atoms with Gasteiger partial charge in [-0.2, -0.15) is 8.42 Å². The van der Waals surface area contributed by atoms with Crippen LogP contribution in [0.2, 0.25) is 0 Å². The maximum Gasteiger partial charge on any atom is 0.339 e. The number of carbonyl (C=O) groups is 2. The predicted octanol–water partition coefficient (Wildman–Crippen LogP) is 4.14. The van der Waals surface area contributed by atoms with Crippen molar-refractivity contribution in [3.8, 4) is 22.9 Å². The largest absolute Gasteiger partial charge is 0.465 e. The number of aromatic nitrogens is 3. The zero-order valence-electron chi connectivity index (χ0n) is 20.4. The van der Waals surface area contributed by atoms with Crippen LogP contribution in [-0.2, 0) is 21.1 Å². The number of rotatable bonds is 5. The highest BCUT2D eigenvalue weighted by molar-refractivity contribution is 7.51. The molecule has 37 heavy (non-hydrogen) atoms. The molecule has 10 nitrogen and oxygen atoms in total. The molecular weight excluding hydrogens is 496 g/mol. The zero-order chi connectivity index (χ0) is 26.5. The van der Waals surface area contributed by atoms with Gasteiger partial charge in [-0.15, -0.1) is 0 Å². The fourth-order valence-electron chi connectivity index (χ4n) is 4.26. The quantitative estimate of drug-likeness (QED) is 0.389. The molecule has 1 atom stereocenters. The maximum atomic E-state index is 12.2. The number of benzene rings is 1. The predicted molar refractivity (Wildman–Crippen MR) is 136 cm³/mol. The summed E-state index contributed by atoms with van der Waals surface area (Å²) in [7, 11) is 3.17. The van der Waals surface area contributed by atoms with Crippen molar-refractivity contribution in [3.63, 3.8) is 0 Å². The summed E-state index contributed by atoms with van der Waals surface area (Å²) in [5.41, 5.74) is 4.65. The number of methoxy groups -OCH3 is 1. The molecule has 3 aromatic heterocycles. The lowest BCUT2D eigenvalue weighted by Crippen LogP contribution is -2.22. The average Bonchev–Trinajstić information content (AvgIpc) is 3.47. The number of pyridine rings is 2. The first-order chi connectivity index (χ1) is 17.8. The van der Waals surface area contributed by atoms with E-state index in [4.69, 9.17) is 17.9 Å². The lowest BCUT2D eigenvalue weighted by Gasteiger charge is -2.23. The number of aryl methyl sites for hydroxylation is 1. The minimum absolute atomic E-state index is 0.0745. The topological polar surface area (TPSA) is 132 Å². The Morgan fingerprint density at radius 3 is 2.49 bits per heavy atom. The molecular formula is C26H24N4O6S. The lowest BCUT2D eigenvalue weighted by molar-refractivity contribution is -0.127. The van der Waals surface area contributed by atoms with Crippen LogP contribution >= 0.6 is 0 Å². The summed E-state index contributed by atoms with van der Waals surface area (Å²) in [6.45, 7) is 1.92. The van der Waals surface area contributed by atoms with Crippen LogP contribution in [0.5, 0.6) is 11.5 Å². The van der Waals surface area contributed by atoms with Gasteiger partial charge in [0.05, 0.1) is 36.3 Å². The molecule has 1 unspecified atom stereocenters. The second-order valence-corrected chi connectivity index (χ2v) is 8.58. The third-order valence-electron chi connectivity index (χ3n) is 6.18. The van der Waals surface area contributed by atoms with Crippen molar-refractivity contribution in [1.82, 2.24) is 19.9 Å². The molecule has 0 saturated carbocycles. The Morgan fingerprint density at radius 1 is 1.11 bits per heavy atom. The number of fused-ring (bicyclic) bond motifs is 1. The molecule has 1 amide bonds. The number of aromatic amines is 1. The second kappa shape index (κ2) is 11.1. The van der Waals surface area contributed by atoms with E-state index in [1.807, 2.05) is 44.3 Å². The normalized spacial score (nSPS) is 14.7. The van der Waals surface area contributed by atoms with Crippen molar-refractivity contribution in [1.29, 1.82) is 0 Å². The van der Waals surface area contributed by atoms with Crippen LogP contribution in [0, 0.1) is 6.92 Å². The molecule has 1 aliphatic heterocycles. The number of ether oxygens (including phenoxy) is 2. The van der Waals surface area contributed by atoms with Gasteiger partial charge in [0.1, 0.15) is 11.5 Å². The van der Waals surface area contributed by atoms with Crippen molar-refractivity contribution >= 4 is 34.4 Å². The molecule has 1 aliphatic rings. The van der Waals surface area contributed by atoms with Gasteiger partial charge in [0.15, 0.2) is 0 Å². The smallest absolute Gasteiger partial charge is 0.339 e. The molecule has 1 N–H and O–H groups in total. The monoisotopic (exact) mass is 520 g/mol. The van der Waals surface area contributed by atoms with Crippen molar-refractivity contribution < 1.29 is 27.5 Å². The average molecular weight is 521 g/mol. The highest BCUT2D eigenvalue weighted by Gasteiger charge is 2.31. The van der Waals surface area contributed by atoms with E-state index >= 15 is 0 Å². The first-order valence-corrected chi connectivity index (χ1v) is 12.0. The number of hydrogen-bond donors (Lipinski definition) is 1. The SMILES string of the molecule is COC(=O)c1ccc(-c2cc3cc(Oc4ccc(C)nc4)c(C4CCC(=O)N4C)cc3[nH]2)nc1.O=S=O. The minimum atomic E-state index is -0.750. The highest BCUT2D eigenvalue weighted by atomic mass is 32.1. The minimum Gasteiger partial charge on any atom is -0.465 e. The van der Waals surface area contributed by atoms with Gasteiger partial charge in [-0.3, -0.25) is 14.8 Å². The molecule has 0 spiro atoms. The molecule has 0 aliphatic carbocycles. The van der Waals surface area contributed by atoms with Crippen LogP contribution in [0.25, 0.3) is 22.3 Å². The van der Waals surface area contributed by atoms with Crippen LogP contribution in [0.4, 0.5) is 0 Å². The fraction of sp³-hybridized carbons (Fsp3) is 0.231. The Bertz CT molecular complexity index is 1480. The Kier molecular flexibility index (Phi) is 7.73. The van der Waals surface area contributed by atoms with Gasteiger partial charge in [0, 0.05) is 41.8 Å². The van der Waals surface area contributed by atoms with Gasteiger partial charge in [-0.1, -0.05) is 0 Å². The number of esters is 1. The first kappa shape index (κ1) is 25.7. The van der Waals surface area contributed by atoms with E-state index in [0.717, 1.165) is 34.3 Å². The van der Waals surface area contributed by atoms with Gasteiger partial charge < -0.3 is 19.4 Å². The molecule has 5 rings (SSSR count). The van der Waals surface area contributed by atoms with Crippen LogP contribution in [0.3, 0.4) is 0 Å². The van der Waals surface area contributed by atoms with Gasteiger partial charge in [-0.05, 0) is 55.8 Å². The molecule has 4 heterocycles.